The molecule has 116 heavy (non-hydrogen) atoms. The minimum absolute atomic E-state index is 0. The Hall–Kier alpha value is -9.78. The fraction of sp³-hybridized carbons (Fsp3) is 0.582. The van der Waals surface area contributed by atoms with Gasteiger partial charge in [-0.05, 0) is 179 Å². The molecule has 3 saturated heterocycles. The molecule has 12 rings (SSSR count). The number of nitrogens with zero attached hydrogens (tertiary/aromatic N) is 15. The molecule has 638 valence electrons. The molecule has 0 radical (unpaired) electrons. The van der Waals surface area contributed by atoms with Gasteiger partial charge in [-0.1, -0.05) is 49.0 Å². The zero-order valence-corrected chi connectivity index (χ0v) is 70.4. The Labute approximate surface area is 691 Å². The molecule has 6 aromatic rings. The van der Waals surface area contributed by atoms with E-state index in [-0.39, 0.29) is 132 Å². The van der Waals surface area contributed by atoms with E-state index in [2.05, 4.69) is 96.6 Å². The van der Waals surface area contributed by atoms with E-state index in [9.17, 15) is 51.9 Å². The number of alkyl halides is 3. The van der Waals surface area contributed by atoms with Crippen LogP contribution in [-0.4, -0.2) is 252 Å². The van der Waals surface area contributed by atoms with Gasteiger partial charge in [0, 0.05) is 123 Å². The standard InChI is InChI=1S/C23H32FN7O2.C23H31N7O4.C17H18ClN5O4.C11H22N2O2.C3H6BrF.2CH4/c1-15-13-30(16(2)12-29(15)11-7-9-24)22(33)31-14-17-19(23(31,3)4)27-28-20(17)26-21(32)18-8-5-6-10-25-18;1-6-34-22(33)30-18-16(19(27-30)26-20(31)17-9-7-8-10-24-17)13-29(23(18,4)5)21(32)28-12-14(2)25-11-15(28)3;1-4-27-16(26)23-12-10(9-22(15(18)25)17(12,2)3)13(21-23)20-14(24)11-7-5-6-8-19-11;1-8-7-13(9(2)6-12-8)10(14)15-11(3,4)5;4-2-1-3-5;;/h5-6,8,10,15-16H,7,9,11-14H2,1-4H3,(H2,26,27,28,32);7-10,14-15,25H,6,11-13H2,1-5H3,(H,26,27,31);5-8H,4,9H2,1-3H3,(H,20,21,24);8-9,12H,6-7H2,1-5H3;1-3H2;2*1H4/t15-,16+;14-,15+;;8-,9+;;;/m11.0.../s1. The first kappa shape index (κ1) is 95.1. The zero-order valence-electron chi connectivity index (χ0n) is 68.0. The van der Waals surface area contributed by atoms with E-state index in [1.54, 1.807) is 98.3 Å². The fourth-order valence-electron chi connectivity index (χ4n) is 14.1. The Morgan fingerprint density at radius 1 is 0.543 bits per heavy atom. The van der Waals surface area contributed by atoms with Gasteiger partial charge in [0.25, 0.3) is 17.7 Å². The number of nitrogens with one attached hydrogen (secondary N) is 6. The van der Waals surface area contributed by atoms with Crippen LogP contribution in [0.5, 0.6) is 0 Å². The molecule has 6 aromatic heterocycles. The molecule has 3 fully saturated rings. The van der Waals surface area contributed by atoms with E-state index < -0.39 is 51.6 Å². The average molecular weight is 1710 g/mol. The van der Waals surface area contributed by atoms with Crippen LogP contribution < -0.4 is 26.6 Å². The maximum absolute atomic E-state index is 13.7. The number of fused-ring (bicyclic) bond motifs is 3. The monoisotopic (exact) mass is 1700 g/mol. The number of aromatic amines is 1. The number of hydrogen-bond donors (Lipinski definition) is 6. The molecule has 9 amide bonds. The second-order valence-electron chi connectivity index (χ2n) is 31.0. The smallest absolute Gasteiger partial charge is 0.435 e. The molecule has 6 aliphatic heterocycles. The zero-order chi connectivity index (χ0) is 83.9. The van der Waals surface area contributed by atoms with Crippen LogP contribution in [0, 0.1) is 0 Å². The first-order chi connectivity index (χ1) is 53.9. The summed E-state index contributed by atoms with van der Waals surface area (Å²) in [5, 5.41) is 31.0. The lowest BCUT2D eigenvalue weighted by Gasteiger charge is -2.46. The van der Waals surface area contributed by atoms with Gasteiger partial charge in [-0.15, -0.1) is 10.2 Å². The Bertz CT molecular complexity index is 4340. The van der Waals surface area contributed by atoms with Crippen LogP contribution in [0.1, 0.15) is 211 Å². The van der Waals surface area contributed by atoms with Crippen molar-refractivity contribution in [2.24, 2.45) is 0 Å². The molecule has 0 aromatic carbocycles. The summed E-state index contributed by atoms with van der Waals surface area (Å²) in [4.78, 5) is 139. The molecular weight excluding hydrogens is 1590 g/mol. The van der Waals surface area contributed by atoms with Crippen LogP contribution in [0.15, 0.2) is 73.2 Å². The highest BCUT2D eigenvalue weighted by molar-refractivity contribution is 9.09. The Balaban J connectivity index is 0.000000241. The summed E-state index contributed by atoms with van der Waals surface area (Å²) in [5.41, 5.74) is 1.61. The molecule has 0 saturated carbocycles. The number of carbonyl (C=O) groups excluding carboxylic acids is 9. The van der Waals surface area contributed by atoms with Crippen LogP contribution in [0.2, 0.25) is 0 Å². The second kappa shape index (κ2) is 41.4. The number of urea groups is 2. The number of piperazine rings is 3. The van der Waals surface area contributed by atoms with Crippen LogP contribution >= 0.6 is 27.5 Å². The third kappa shape index (κ3) is 22.5. The molecule has 0 aliphatic carbocycles. The fourth-order valence-corrected chi connectivity index (χ4v) is 14.5. The Kier molecular flexibility index (Phi) is 33.9. The maximum Gasteiger partial charge on any atom is 0.435 e. The van der Waals surface area contributed by atoms with Crippen molar-refractivity contribution in [3.8, 4) is 0 Å². The van der Waals surface area contributed by atoms with Crippen LogP contribution in [0.25, 0.3) is 0 Å². The van der Waals surface area contributed by atoms with E-state index in [1.807, 2.05) is 90.9 Å². The van der Waals surface area contributed by atoms with Gasteiger partial charge in [0.15, 0.2) is 17.5 Å². The lowest BCUT2D eigenvalue weighted by molar-refractivity contribution is 0.0104. The quantitative estimate of drug-likeness (QED) is 0.0271. The predicted octanol–water partition coefficient (Wildman–Crippen LogP) is 12.9. The summed E-state index contributed by atoms with van der Waals surface area (Å²) in [5.74, 6) is -0.503. The van der Waals surface area contributed by atoms with Crippen molar-refractivity contribution >= 4 is 98.4 Å². The van der Waals surface area contributed by atoms with Gasteiger partial charge in [0.1, 0.15) is 22.7 Å². The maximum atomic E-state index is 13.7. The highest BCUT2D eigenvalue weighted by Crippen LogP contribution is 2.46. The molecule has 6 atom stereocenters. The number of amides is 9. The first-order valence-corrected chi connectivity index (χ1v) is 39.7. The number of pyridine rings is 3. The molecule has 0 bridgehead atoms. The summed E-state index contributed by atoms with van der Waals surface area (Å²) in [6.07, 6.45) is 4.16. The Morgan fingerprint density at radius 2 is 0.957 bits per heavy atom. The highest BCUT2D eigenvalue weighted by Gasteiger charge is 2.51. The predicted molar refractivity (Wildman–Crippen MR) is 441 cm³/mol. The molecule has 0 unspecified atom stereocenters. The molecule has 6 N–H and O–H groups in total. The third-order valence-electron chi connectivity index (χ3n) is 20.1. The van der Waals surface area contributed by atoms with Crippen molar-refractivity contribution in [2.45, 2.75) is 224 Å². The molecular formula is C79H117BrClF2N21O12. The number of anilines is 3. The van der Waals surface area contributed by atoms with Gasteiger partial charge in [0.05, 0.1) is 79.9 Å². The number of ether oxygens (including phenoxy) is 3. The lowest BCUT2D eigenvalue weighted by Crippen LogP contribution is -2.61. The van der Waals surface area contributed by atoms with E-state index in [4.69, 9.17) is 25.8 Å². The van der Waals surface area contributed by atoms with Gasteiger partial charge in [-0.2, -0.15) is 14.5 Å². The molecule has 6 aliphatic rings. The minimum atomic E-state index is -0.915. The van der Waals surface area contributed by atoms with Gasteiger partial charge < -0.3 is 70.2 Å². The second-order valence-corrected chi connectivity index (χ2v) is 32.1. The summed E-state index contributed by atoms with van der Waals surface area (Å²) in [7, 11) is 0. The van der Waals surface area contributed by atoms with E-state index >= 15 is 0 Å². The van der Waals surface area contributed by atoms with Gasteiger partial charge in [0.2, 0.25) is 0 Å². The van der Waals surface area contributed by atoms with Crippen molar-refractivity contribution < 1.29 is 66.1 Å². The summed E-state index contributed by atoms with van der Waals surface area (Å²) in [6.45, 7) is 37.8. The molecule has 33 nitrogen and oxygen atoms in total. The molecule has 0 spiro atoms. The first-order valence-electron chi connectivity index (χ1n) is 38.2. The van der Waals surface area contributed by atoms with Crippen molar-refractivity contribution in [2.75, 3.05) is 93.7 Å². The topological polar surface area (TPSA) is 367 Å². The number of aromatic nitrogens is 9. The van der Waals surface area contributed by atoms with Crippen LogP contribution in [0.4, 0.5) is 55.0 Å². The van der Waals surface area contributed by atoms with E-state index in [0.29, 0.717) is 85.6 Å². The summed E-state index contributed by atoms with van der Waals surface area (Å²) >= 11 is 8.78. The van der Waals surface area contributed by atoms with Crippen LogP contribution in [-0.2, 0) is 50.5 Å². The molecule has 12 heterocycles. The number of halogens is 4. The average Bonchev–Trinajstić information content (AvgIpc) is 1.23. The van der Waals surface area contributed by atoms with Crippen LogP contribution in [0.3, 0.4) is 0 Å². The van der Waals surface area contributed by atoms with E-state index in [1.165, 1.54) is 17.3 Å². The third-order valence-corrected chi connectivity index (χ3v) is 20.9. The van der Waals surface area contributed by atoms with E-state index in [0.717, 1.165) is 45.6 Å². The van der Waals surface area contributed by atoms with Gasteiger partial charge >= 0.3 is 35.7 Å². The summed E-state index contributed by atoms with van der Waals surface area (Å²) < 4.78 is 41.4. The number of H-pyrrole nitrogens is 1. The molecule has 37 heteroatoms. The summed E-state index contributed by atoms with van der Waals surface area (Å²) in [6, 6.07) is 15.8. The van der Waals surface area contributed by atoms with Gasteiger partial charge in [-0.25, -0.2) is 24.0 Å². The van der Waals surface area contributed by atoms with Crippen molar-refractivity contribution in [3.63, 3.8) is 0 Å². The number of hydrogen-bond acceptors (Lipinski definition) is 21. The Morgan fingerprint density at radius 3 is 1.37 bits per heavy atom. The number of rotatable bonds is 13. The number of carbonyl (C=O) groups is 9. The normalized spacial score (nSPS) is 19.9. The largest absolute Gasteiger partial charge is 0.448 e. The van der Waals surface area contributed by atoms with Crippen molar-refractivity contribution in [3.05, 3.63) is 124 Å². The van der Waals surface area contributed by atoms with Crippen molar-refractivity contribution in [1.82, 2.24) is 89.6 Å². The minimum Gasteiger partial charge on any atom is -0.448 e. The lowest BCUT2D eigenvalue weighted by atomic mass is 10.0. The van der Waals surface area contributed by atoms with Crippen molar-refractivity contribution in [1.29, 1.82) is 0 Å². The SMILES string of the molecule is C.C.CCOC(=O)n1nc(NC(=O)c2ccccn2)c2c1C(C)(C)N(C(=O)Cl)C2.CCOC(=O)n1nc(NC(=O)c2ccccn2)c2c1C(C)(C)N(C(=O)N1C[C@@H](C)NC[C@@H]1C)C2.C[C@@H]1CN(C(=O)N2Cc3c(NC(=O)c4ccccn4)n[nH]c3C2(C)C)[C@@H](C)CN1CCCF.C[C@@H]1CN[C@@H](C)CN1C(=O)OC(C)(C)C.FCCCBr. The van der Waals surface area contributed by atoms with Gasteiger partial charge in [-0.3, -0.25) is 52.9 Å². The highest BCUT2D eigenvalue weighted by atomic mass is 79.9.